The highest BCUT2D eigenvalue weighted by Gasteiger charge is 2.32. The molecular weight excluding hydrogens is 515 g/mol. The number of hydrogen-bond acceptors (Lipinski definition) is 7. The average Bonchev–Trinajstić information content (AvgIpc) is 2.75. The summed E-state index contributed by atoms with van der Waals surface area (Å²) < 4.78 is 63.5. The van der Waals surface area contributed by atoms with Crippen molar-refractivity contribution >= 4 is 38.9 Å². The third-order valence-corrected chi connectivity index (χ3v) is 7.49. The number of sulfone groups is 1. The van der Waals surface area contributed by atoms with Crippen molar-refractivity contribution in [3.63, 3.8) is 0 Å². The molecule has 0 bridgehead atoms. The summed E-state index contributed by atoms with van der Waals surface area (Å²) in [5, 5.41) is 13.0. The molecular formula is C21H15ClF3N3O4S2. The molecule has 2 aromatic carbocycles. The van der Waals surface area contributed by atoms with E-state index >= 15 is 0 Å². The van der Waals surface area contributed by atoms with Crippen molar-refractivity contribution in [2.24, 2.45) is 0 Å². The molecule has 0 aliphatic heterocycles. The van der Waals surface area contributed by atoms with Crippen LogP contribution in [0.1, 0.15) is 11.1 Å². The molecule has 0 saturated heterocycles. The molecule has 178 valence electrons. The summed E-state index contributed by atoms with van der Waals surface area (Å²) in [6.45, 7) is 1.76. The lowest BCUT2D eigenvalue weighted by Gasteiger charge is -2.09. The van der Waals surface area contributed by atoms with Crippen molar-refractivity contribution in [3.05, 3.63) is 98.3 Å². The highest BCUT2D eigenvalue weighted by Crippen LogP contribution is 2.36. The monoisotopic (exact) mass is 529 g/mol. The molecule has 1 heterocycles. The van der Waals surface area contributed by atoms with Gasteiger partial charge in [0.1, 0.15) is 5.03 Å². The van der Waals surface area contributed by atoms with Crippen LogP contribution in [0, 0.1) is 17.0 Å². The molecule has 1 aromatic heterocycles. The molecule has 3 rings (SSSR count). The van der Waals surface area contributed by atoms with E-state index in [1.54, 1.807) is 19.1 Å². The van der Waals surface area contributed by atoms with Gasteiger partial charge in [0.15, 0.2) is 0 Å². The summed E-state index contributed by atoms with van der Waals surface area (Å²) in [5.41, 5.74) is 0.180. The van der Waals surface area contributed by atoms with Gasteiger partial charge < -0.3 is 5.32 Å². The largest absolute Gasteiger partial charge is 0.417 e. The van der Waals surface area contributed by atoms with Gasteiger partial charge in [-0.25, -0.2) is 13.4 Å². The molecule has 0 aliphatic carbocycles. The van der Waals surface area contributed by atoms with E-state index in [4.69, 9.17) is 11.6 Å². The maximum atomic E-state index is 12.7. The second-order valence-electron chi connectivity index (χ2n) is 6.84. The van der Waals surface area contributed by atoms with Gasteiger partial charge in [-0.05, 0) is 49.4 Å². The first-order valence-corrected chi connectivity index (χ1v) is 12.0. The lowest BCUT2D eigenvalue weighted by molar-refractivity contribution is -0.411. The summed E-state index contributed by atoms with van der Waals surface area (Å²) >= 11 is 6.93. The Hall–Kier alpha value is -3.09. The van der Waals surface area contributed by atoms with Gasteiger partial charge in [-0.15, -0.1) is 0 Å². The van der Waals surface area contributed by atoms with Crippen molar-refractivity contribution in [1.82, 2.24) is 4.98 Å². The molecule has 1 N–H and O–H groups in total. The fraction of sp³-hybridized carbons (Fsp3) is 0.0952. The maximum Gasteiger partial charge on any atom is 0.417 e. The summed E-state index contributed by atoms with van der Waals surface area (Å²) in [7, 11) is -4.36. The summed E-state index contributed by atoms with van der Waals surface area (Å²) in [4.78, 5) is 14.5. The fourth-order valence-electron chi connectivity index (χ4n) is 2.60. The minimum absolute atomic E-state index is 0.162. The van der Waals surface area contributed by atoms with E-state index in [-0.39, 0.29) is 14.9 Å². The molecule has 0 saturated carbocycles. The van der Waals surface area contributed by atoms with E-state index in [1.165, 1.54) is 36.4 Å². The van der Waals surface area contributed by atoms with Crippen LogP contribution in [0.15, 0.2) is 86.8 Å². The second-order valence-corrected chi connectivity index (χ2v) is 10.2. The molecule has 0 amide bonds. The number of nitro groups is 1. The molecule has 0 atom stereocenters. The van der Waals surface area contributed by atoms with E-state index in [0.29, 0.717) is 16.8 Å². The molecule has 13 heteroatoms. The summed E-state index contributed by atoms with van der Waals surface area (Å²) in [6, 6.07) is 12.6. The molecule has 34 heavy (non-hydrogen) atoms. The minimum Gasteiger partial charge on any atom is -0.355 e. The number of nitrogens with one attached hydrogen (secondary N) is 1. The zero-order valence-corrected chi connectivity index (χ0v) is 19.6. The van der Waals surface area contributed by atoms with E-state index in [2.05, 4.69) is 10.3 Å². The van der Waals surface area contributed by atoms with Crippen LogP contribution in [0.3, 0.4) is 0 Å². The molecule has 0 aliphatic rings. The molecule has 0 fully saturated rings. The average molecular weight is 530 g/mol. The molecule has 0 radical (unpaired) electrons. The third-order valence-electron chi connectivity index (χ3n) is 4.35. The summed E-state index contributed by atoms with van der Waals surface area (Å²) in [5.74, 6) is 0. The molecule has 7 nitrogen and oxygen atoms in total. The van der Waals surface area contributed by atoms with Gasteiger partial charge in [0.2, 0.25) is 0 Å². The first kappa shape index (κ1) is 25.5. The Balaban J connectivity index is 1.77. The Morgan fingerprint density at radius 2 is 1.76 bits per heavy atom. The van der Waals surface area contributed by atoms with Gasteiger partial charge in [-0.3, -0.25) is 10.1 Å². The number of aromatic nitrogens is 1. The van der Waals surface area contributed by atoms with Gasteiger partial charge in [-0.1, -0.05) is 41.1 Å². The topological polar surface area (TPSA) is 102 Å². The predicted molar refractivity (Wildman–Crippen MR) is 122 cm³/mol. The van der Waals surface area contributed by atoms with E-state index in [9.17, 15) is 31.7 Å². The molecule has 3 aromatic rings. The van der Waals surface area contributed by atoms with Crippen LogP contribution in [-0.2, 0) is 16.0 Å². The number of aryl methyl sites for hydroxylation is 1. The number of pyridine rings is 1. The van der Waals surface area contributed by atoms with Crippen LogP contribution in [0.2, 0.25) is 5.02 Å². The Bertz CT molecular complexity index is 1350. The lowest BCUT2D eigenvalue weighted by atomic mass is 10.2. The zero-order chi connectivity index (χ0) is 25.1. The van der Waals surface area contributed by atoms with Crippen molar-refractivity contribution in [3.8, 4) is 0 Å². The second kappa shape index (κ2) is 10.0. The zero-order valence-electron chi connectivity index (χ0n) is 17.2. The van der Waals surface area contributed by atoms with Crippen LogP contribution < -0.4 is 5.32 Å². The standard InChI is InChI=1S/C21H15ClF3N3O4S2/c1-13-2-8-17(9-3-13)34(31,32)19(28(29)30)12-26-15-4-6-16(7-5-15)33-20-18(22)10-14(11-27-20)21(23,24)25/h2-12,26H,1H3. The van der Waals surface area contributed by atoms with Crippen molar-refractivity contribution < 1.29 is 26.5 Å². The van der Waals surface area contributed by atoms with Crippen molar-refractivity contribution in [1.29, 1.82) is 0 Å². The molecule has 0 spiro atoms. The number of halogens is 4. The number of benzene rings is 2. The van der Waals surface area contributed by atoms with Gasteiger partial charge in [0.25, 0.3) is 9.84 Å². The van der Waals surface area contributed by atoms with Gasteiger partial charge >= 0.3 is 11.2 Å². The lowest BCUT2D eigenvalue weighted by Crippen LogP contribution is -2.14. The van der Waals surface area contributed by atoms with Crippen molar-refractivity contribution in [2.75, 3.05) is 5.32 Å². The number of alkyl halides is 3. The quantitative estimate of drug-likeness (QED) is 0.288. The van der Waals surface area contributed by atoms with Crippen LogP contribution in [0.5, 0.6) is 0 Å². The number of rotatable bonds is 7. The Morgan fingerprint density at radius 1 is 1.15 bits per heavy atom. The van der Waals surface area contributed by atoms with Gasteiger partial charge in [-0.2, -0.15) is 13.2 Å². The number of nitrogens with zero attached hydrogens (tertiary/aromatic N) is 2. The summed E-state index contributed by atoms with van der Waals surface area (Å²) in [6.07, 6.45) is -3.09. The highest BCUT2D eigenvalue weighted by atomic mass is 35.5. The van der Waals surface area contributed by atoms with Crippen LogP contribution in [-0.4, -0.2) is 18.3 Å². The van der Waals surface area contributed by atoms with Crippen molar-refractivity contribution in [2.45, 2.75) is 27.9 Å². The van der Waals surface area contributed by atoms with E-state index < -0.39 is 31.5 Å². The Morgan fingerprint density at radius 3 is 2.29 bits per heavy atom. The van der Waals surface area contributed by atoms with Gasteiger partial charge in [0.05, 0.1) is 26.6 Å². The highest BCUT2D eigenvalue weighted by molar-refractivity contribution is 7.99. The minimum atomic E-state index is -4.56. The van der Waals surface area contributed by atoms with Crippen LogP contribution in [0.25, 0.3) is 0 Å². The van der Waals surface area contributed by atoms with Crippen LogP contribution in [0.4, 0.5) is 18.9 Å². The Labute approximate surface area is 201 Å². The maximum absolute atomic E-state index is 12.7. The predicted octanol–water partition coefficient (Wildman–Crippen LogP) is 6.17. The first-order valence-electron chi connectivity index (χ1n) is 9.31. The number of anilines is 1. The SMILES string of the molecule is Cc1ccc(S(=O)(=O)C(=CNc2ccc(Sc3ncc(C(F)(F)F)cc3Cl)cc2)[N+](=O)[O-])cc1. The van der Waals surface area contributed by atoms with E-state index in [0.717, 1.165) is 29.6 Å². The fourth-order valence-corrected chi connectivity index (χ4v) is 4.78. The van der Waals surface area contributed by atoms with E-state index in [1.807, 2.05) is 0 Å². The number of hydrogen-bond donors (Lipinski definition) is 1. The van der Waals surface area contributed by atoms with Crippen LogP contribution >= 0.6 is 23.4 Å². The molecule has 0 unspecified atom stereocenters. The van der Waals surface area contributed by atoms with Gasteiger partial charge in [0, 0.05) is 16.8 Å². The Kier molecular flexibility index (Phi) is 7.54. The first-order chi connectivity index (χ1) is 15.9. The normalized spacial score (nSPS) is 12.4. The third kappa shape index (κ3) is 6.07. The smallest absolute Gasteiger partial charge is 0.355 e.